The standard InChI is InChI=1S/C17H16N2O4S2/c1-4-6-18-15(22)11(16(23)19(18)7-5-2)17-24-13-10(20)8-9(3)12(21)14(13)25-17/h4-5,8,20-21H,1-2,6-7H2,3H3. The first-order valence-corrected chi connectivity index (χ1v) is 9.04. The van der Waals surface area contributed by atoms with Crippen LogP contribution in [0.5, 0.6) is 11.5 Å². The lowest BCUT2D eigenvalue weighted by atomic mass is 10.2. The van der Waals surface area contributed by atoms with Crippen molar-refractivity contribution in [2.24, 2.45) is 0 Å². The van der Waals surface area contributed by atoms with Crippen molar-refractivity contribution in [1.29, 1.82) is 0 Å². The van der Waals surface area contributed by atoms with Gasteiger partial charge in [-0.15, -0.1) is 13.2 Å². The number of aromatic hydroxyl groups is 2. The summed E-state index contributed by atoms with van der Waals surface area (Å²) in [5.41, 5.74) is 0.563. The number of hydrazine groups is 1. The topological polar surface area (TPSA) is 81.1 Å². The van der Waals surface area contributed by atoms with Gasteiger partial charge in [0.15, 0.2) is 0 Å². The van der Waals surface area contributed by atoms with Crippen molar-refractivity contribution < 1.29 is 19.8 Å². The maximum absolute atomic E-state index is 12.7. The Bertz CT molecular complexity index is 818. The quantitative estimate of drug-likeness (QED) is 0.364. The third-order valence-electron chi connectivity index (χ3n) is 3.77. The molecule has 0 saturated carbocycles. The van der Waals surface area contributed by atoms with Crippen molar-refractivity contribution in [3.8, 4) is 11.5 Å². The van der Waals surface area contributed by atoms with E-state index in [9.17, 15) is 19.8 Å². The number of hydrogen-bond donors (Lipinski definition) is 2. The van der Waals surface area contributed by atoms with E-state index >= 15 is 0 Å². The van der Waals surface area contributed by atoms with Gasteiger partial charge in [-0.05, 0) is 18.6 Å². The highest BCUT2D eigenvalue weighted by atomic mass is 32.2. The summed E-state index contributed by atoms with van der Waals surface area (Å²) in [6.45, 7) is 9.31. The van der Waals surface area contributed by atoms with E-state index in [2.05, 4.69) is 13.2 Å². The summed E-state index contributed by atoms with van der Waals surface area (Å²) in [4.78, 5) is 26.4. The SMILES string of the molecule is C=CCN1C(=O)C(=C2Sc3c(O)cc(C)c(O)c3S2)C(=O)N1CC=C. The summed E-state index contributed by atoms with van der Waals surface area (Å²) in [5, 5.41) is 23.0. The molecule has 130 valence electrons. The molecule has 0 spiro atoms. The smallest absolute Gasteiger partial charge is 0.280 e. The van der Waals surface area contributed by atoms with Crippen molar-refractivity contribution >= 4 is 35.3 Å². The Morgan fingerprint density at radius 1 is 1.04 bits per heavy atom. The van der Waals surface area contributed by atoms with Gasteiger partial charge in [-0.1, -0.05) is 35.7 Å². The monoisotopic (exact) mass is 376 g/mol. The van der Waals surface area contributed by atoms with Crippen molar-refractivity contribution in [2.75, 3.05) is 13.1 Å². The zero-order valence-corrected chi connectivity index (χ0v) is 15.1. The third kappa shape index (κ3) is 2.71. The van der Waals surface area contributed by atoms with Crippen LogP contribution in [-0.2, 0) is 9.59 Å². The molecule has 8 heteroatoms. The van der Waals surface area contributed by atoms with Crippen LogP contribution in [0.15, 0.2) is 51.0 Å². The molecule has 2 aliphatic rings. The minimum absolute atomic E-state index is 0.0159. The van der Waals surface area contributed by atoms with Crippen LogP contribution in [0.1, 0.15) is 5.56 Å². The van der Waals surface area contributed by atoms with E-state index in [-0.39, 0.29) is 30.2 Å². The Labute approximate surface area is 153 Å². The molecule has 0 atom stereocenters. The summed E-state index contributed by atoms with van der Waals surface area (Å²) in [7, 11) is 0. The third-order valence-corrected chi connectivity index (χ3v) is 6.39. The van der Waals surface area contributed by atoms with Crippen LogP contribution in [0.3, 0.4) is 0 Å². The van der Waals surface area contributed by atoms with E-state index in [1.165, 1.54) is 16.1 Å². The van der Waals surface area contributed by atoms with Crippen LogP contribution in [0, 0.1) is 6.92 Å². The molecule has 3 rings (SSSR count). The largest absolute Gasteiger partial charge is 0.507 e. The lowest BCUT2D eigenvalue weighted by Crippen LogP contribution is -2.40. The molecule has 2 heterocycles. The zero-order chi connectivity index (χ0) is 18.3. The number of phenols is 2. The average molecular weight is 376 g/mol. The lowest BCUT2D eigenvalue weighted by molar-refractivity contribution is -0.144. The van der Waals surface area contributed by atoms with Crippen LogP contribution >= 0.6 is 23.5 Å². The van der Waals surface area contributed by atoms with Gasteiger partial charge in [-0.25, -0.2) is 10.0 Å². The highest BCUT2D eigenvalue weighted by Gasteiger charge is 2.44. The second kappa shape index (κ2) is 6.53. The Hall–Kier alpha value is -2.32. The number of carbonyl (C=O) groups excluding carboxylic acids is 2. The predicted molar refractivity (Wildman–Crippen MR) is 97.1 cm³/mol. The van der Waals surface area contributed by atoms with Crippen LogP contribution in [0.25, 0.3) is 0 Å². The molecule has 1 fully saturated rings. The van der Waals surface area contributed by atoms with Crippen molar-refractivity contribution in [2.45, 2.75) is 16.7 Å². The molecule has 0 radical (unpaired) electrons. The number of benzene rings is 1. The van der Waals surface area contributed by atoms with Gasteiger partial charge in [0.05, 0.1) is 27.1 Å². The molecule has 0 unspecified atom stereocenters. The van der Waals surface area contributed by atoms with Gasteiger partial charge in [-0.2, -0.15) is 0 Å². The van der Waals surface area contributed by atoms with Gasteiger partial charge in [-0.3, -0.25) is 9.59 Å². The normalized spacial score (nSPS) is 16.7. The van der Waals surface area contributed by atoms with E-state index in [0.29, 0.717) is 19.6 Å². The van der Waals surface area contributed by atoms with Crippen LogP contribution in [0.2, 0.25) is 0 Å². The van der Waals surface area contributed by atoms with Gasteiger partial charge in [0.2, 0.25) is 0 Å². The maximum Gasteiger partial charge on any atom is 0.280 e. The fourth-order valence-corrected chi connectivity index (χ4v) is 5.24. The molecule has 6 nitrogen and oxygen atoms in total. The fraction of sp³-hybridized carbons (Fsp3) is 0.176. The molecule has 2 aliphatic heterocycles. The minimum Gasteiger partial charge on any atom is -0.507 e. The van der Waals surface area contributed by atoms with Gasteiger partial charge < -0.3 is 10.2 Å². The second-order valence-electron chi connectivity index (χ2n) is 5.44. The molecule has 1 aromatic rings. The summed E-state index contributed by atoms with van der Waals surface area (Å²) in [6.07, 6.45) is 3.08. The average Bonchev–Trinajstić information content (AvgIpc) is 3.09. The maximum atomic E-state index is 12.7. The van der Waals surface area contributed by atoms with Crippen LogP contribution in [0.4, 0.5) is 0 Å². The van der Waals surface area contributed by atoms with Gasteiger partial charge in [0.1, 0.15) is 17.1 Å². The number of rotatable bonds is 4. The first-order valence-electron chi connectivity index (χ1n) is 7.41. The predicted octanol–water partition coefficient (Wildman–Crippen LogP) is 2.77. The van der Waals surface area contributed by atoms with E-state index in [0.717, 1.165) is 23.5 Å². The molecule has 0 aliphatic carbocycles. The summed E-state index contributed by atoms with van der Waals surface area (Å²) in [5.74, 6) is -0.789. The Morgan fingerprint density at radius 2 is 1.56 bits per heavy atom. The van der Waals surface area contributed by atoms with Gasteiger partial charge in [0, 0.05) is 0 Å². The second-order valence-corrected chi connectivity index (χ2v) is 7.74. The molecule has 0 aromatic heterocycles. The molecule has 1 aromatic carbocycles. The van der Waals surface area contributed by atoms with Gasteiger partial charge in [0.25, 0.3) is 11.8 Å². The Balaban J connectivity index is 2.06. The summed E-state index contributed by atoms with van der Waals surface area (Å²) >= 11 is 2.24. The number of hydrogen-bond acceptors (Lipinski definition) is 6. The first-order chi connectivity index (χ1) is 11.9. The Kier molecular flexibility index (Phi) is 4.57. The number of thioether (sulfide) groups is 2. The highest BCUT2D eigenvalue weighted by molar-refractivity contribution is 8.25. The van der Waals surface area contributed by atoms with E-state index in [1.807, 2.05) is 0 Å². The molecule has 2 N–H and O–H groups in total. The first kappa shape index (κ1) is 17.5. The van der Waals surface area contributed by atoms with Crippen molar-refractivity contribution in [3.05, 3.63) is 46.8 Å². The molecular weight excluding hydrogens is 360 g/mol. The summed E-state index contributed by atoms with van der Waals surface area (Å²) in [6, 6.07) is 1.46. The number of amides is 2. The van der Waals surface area contributed by atoms with Gasteiger partial charge >= 0.3 is 0 Å². The molecule has 1 saturated heterocycles. The molecule has 0 bridgehead atoms. The number of fused-ring (bicyclic) bond motifs is 1. The number of phenolic OH excluding ortho intramolecular Hbond substituents is 2. The number of carbonyl (C=O) groups is 2. The highest BCUT2D eigenvalue weighted by Crippen LogP contribution is 2.59. The number of nitrogens with zero attached hydrogens (tertiary/aromatic N) is 2. The minimum atomic E-state index is -0.426. The zero-order valence-electron chi connectivity index (χ0n) is 13.5. The van der Waals surface area contributed by atoms with E-state index in [1.54, 1.807) is 19.1 Å². The lowest BCUT2D eigenvalue weighted by Gasteiger charge is -2.24. The van der Waals surface area contributed by atoms with E-state index < -0.39 is 11.8 Å². The van der Waals surface area contributed by atoms with E-state index in [4.69, 9.17) is 0 Å². The summed E-state index contributed by atoms with van der Waals surface area (Å²) < 4.78 is 0.446. The number of aryl methyl sites for hydroxylation is 1. The van der Waals surface area contributed by atoms with Crippen molar-refractivity contribution in [1.82, 2.24) is 10.0 Å². The van der Waals surface area contributed by atoms with Crippen molar-refractivity contribution in [3.63, 3.8) is 0 Å². The molecule has 2 amide bonds. The van der Waals surface area contributed by atoms with Crippen LogP contribution in [-0.4, -0.2) is 45.1 Å². The Morgan fingerprint density at radius 3 is 2.08 bits per heavy atom. The molecule has 25 heavy (non-hydrogen) atoms. The molecular formula is C17H16N2O4S2. The fourth-order valence-electron chi connectivity index (χ4n) is 2.59. The van der Waals surface area contributed by atoms with Crippen LogP contribution < -0.4 is 0 Å².